The van der Waals surface area contributed by atoms with Gasteiger partial charge < -0.3 is 19.8 Å². The lowest BCUT2D eigenvalue weighted by atomic mass is 10.0. The van der Waals surface area contributed by atoms with Gasteiger partial charge >= 0.3 is 7.82 Å². The molecule has 9 heteroatoms. The van der Waals surface area contributed by atoms with Crippen molar-refractivity contribution < 1.29 is 32.9 Å². The van der Waals surface area contributed by atoms with Gasteiger partial charge in [0.15, 0.2) is 0 Å². The number of nitrogens with one attached hydrogen (secondary N) is 1. The highest BCUT2D eigenvalue weighted by Gasteiger charge is 2.27. The van der Waals surface area contributed by atoms with Crippen molar-refractivity contribution in [3.8, 4) is 0 Å². The van der Waals surface area contributed by atoms with Crippen LogP contribution in [0.15, 0.2) is 109 Å². The van der Waals surface area contributed by atoms with E-state index < -0.39 is 20.0 Å². The molecule has 0 aliphatic carbocycles. The van der Waals surface area contributed by atoms with Crippen LogP contribution >= 0.6 is 7.82 Å². The highest BCUT2D eigenvalue weighted by molar-refractivity contribution is 7.47. The average Bonchev–Trinajstić information content (AvgIpc) is 3.34. The fourth-order valence-electron chi connectivity index (χ4n) is 7.92. The zero-order chi connectivity index (χ0) is 52.7. The Balaban J connectivity index is 3.88. The van der Waals surface area contributed by atoms with Crippen molar-refractivity contribution in [2.45, 2.75) is 244 Å². The standard InChI is InChI=1S/C63H111N2O6P/c1-6-8-10-12-14-16-17-18-19-20-21-22-23-24-25-26-27-28-29-30-31-32-33-34-35-36-37-38-39-40-41-42-43-44-45-46-47-49-51-53-55-57-63(67)64-61(60-71-72(68,69)70-59-58-65(3,4)5)62(66)56-54-52-50-48-15-13-11-9-7-2/h8,10,14-16,18-19,21-22,24-25,27-28,30-31,48,54,56,61-62,66H,6-7,9,11-13,17,20,23,26,29,32-47,49-53,55,57-60H2,1-5H3,(H-,64,67,68,69)/p+1/b10-8-,16-14-,19-18-,22-21-,25-24-,28-27-,31-30-,48-15+,56-54+. The molecule has 0 fully saturated rings. The molecule has 1 amide bonds. The van der Waals surface area contributed by atoms with Crippen LogP contribution in [0.1, 0.15) is 232 Å². The van der Waals surface area contributed by atoms with Crippen molar-refractivity contribution in [1.82, 2.24) is 5.32 Å². The number of carbonyl (C=O) groups excluding carboxylic acids is 1. The first kappa shape index (κ1) is 69.2. The number of aliphatic hydroxyl groups is 1. The minimum absolute atomic E-state index is 0.0532. The number of aliphatic hydroxyl groups excluding tert-OH is 1. The monoisotopic (exact) mass is 1020 g/mol. The highest BCUT2D eigenvalue weighted by atomic mass is 31.2. The van der Waals surface area contributed by atoms with Crippen LogP contribution in [0.25, 0.3) is 0 Å². The zero-order valence-corrected chi connectivity index (χ0v) is 48.0. The predicted molar refractivity (Wildman–Crippen MR) is 313 cm³/mol. The number of amides is 1. The maximum Gasteiger partial charge on any atom is 0.472 e. The molecule has 0 aromatic heterocycles. The number of quaternary nitrogens is 1. The molecule has 0 radical (unpaired) electrons. The van der Waals surface area contributed by atoms with Crippen LogP contribution in [0.4, 0.5) is 0 Å². The third kappa shape index (κ3) is 54.9. The van der Waals surface area contributed by atoms with E-state index in [0.717, 1.165) is 83.5 Å². The molecule has 0 aromatic rings. The molecule has 0 aromatic carbocycles. The van der Waals surface area contributed by atoms with Crippen molar-refractivity contribution in [1.29, 1.82) is 0 Å². The van der Waals surface area contributed by atoms with Crippen LogP contribution in [0.2, 0.25) is 0 Å². The molecule has 0 rings (SSSR count). The second kappa shape index (κ2) is 53.0. The molecule has 0 heterocycles. The van der Waals surface area contributed by atoms with E-state index in [1.807, 2.05) is 27.2 Å². The Bertz CT molecular complexity index is 1540. The highest BCUT2D eigenvalue weighted by Crippen LogP contribution is 2.43. The molecule has 0 aliphatic heterocycles. The Morgan fingerprint density at radius 3 is 1.28 bits per heavy atom. The molecule has 0 aliphatic rings. The number of nitrogens with zero attached hydrogens (tertiary/aromatic N) is 1. The lowest BCUT2D eigenvalue weighted by Crippen LogP contribution is -2.45. The molecule has 0 spiro atoms. The number of unbranched alkanes of at least 4 members (excludes halogenated alkanes) is 23. The summed E-state index contributed by atoms with van der Waals surface area (Å²) in [4.78, 5) is 23.2. The van der Waals surface area contributed by atoms with Crippen LogP contribution in [0.3, 0.4) is 0 Å². The van der Waals surface area contributed by atoms with Crippen LogP contribution in [-0.4, -0.2) is 73.4 Å². The molecule has 72 heavy (non-hydrogen) atoms. The second-order valence-corrected chi connectivity index (χ2v) is 22.1. The van der Waals surface area contributed by atoms with Gasteiger partial charge in [-0.1, -0.05) is 245 Å². The number of likely N-dealkylation sites (N-methyl/N-ethyl adjacent to an activating group) is 1. The summed E-state index contributed by atoms with van der Waals surface area (Å²) in [7, 11) is 1.55. The number of phosphoric ester groups is 1. The lowest BCUT2D eigenvalue weighted by molar-refractivity contribution is -0.870. The van der Waals surface area contributed by atoms with E-state index in [4.69, 9.17) is 9.05 Å². The smallest absolute Gasteiger partial charge is 0.387 e. The number of hydrogen-bond donors (Lipinski definition) is 3. The number of phosphoric acid groups is 1. The van der Waals surface area contributed by atoms with E-state index >= 15 is 0 Å². The van der Waals surface area contributed by atoms with Gasteiger partial charge in [-0.3, -0.25) is 13.8 Å². The van der Waals surface area contributed by atoms with Crippen LogP contribution < -0.4 is 5.32 Å². The third-order valence-electron chi connectivity index (χ3n) is 12.5. The second-order valence-electron chi connectivity index (χ2n) is 20.6. The number of rotatable bonds is 52. The average molecular weight is 1020 g/mol. The molecule has 414 valence electrons. The number of allylic oxidation sites excluding steroid dienone is 17. The van der Waals surface area contributed by atoms with E-state index in [2.05, 4.69) is 116 Å². The van der Waals surface area contributed by atoms with Crippen molar-refractivity contribution in [2.24, 2.45) is 0 Å². The van der Waals surface area contributed by atoms with Gasteiger partial charge in [0.2, 0.25) is 5.91 Å². The molecular weight excluding hydrogens is 912 g/mol. The minimum Gasteiger partial charge on any atom is -0.387 e. The summed E-state index contributed by atoms with van der Waals surface area (Å²) in [5, 5.41) is 13.8. The normalized spacial score (nSPS) is 14.7. The van der Waals surface area contributed by atoms with Crippen molar-refractivity contribution >= 4 is 13.7 Å². The molecule has 3 N–H and O–H groups in total. The summed E-state index contributed by atoms with van der Waals surface area (Å²) >= 11 is 0. The molecule has 8 nitrogen and oxygen atoms in total. The molecule has 3 atom stereocenters. The minimum atomic E-state index is -4.35. The molecule has 3 unspecified atom stereocenters. The van der Waals surface area contributed by atoms with Crippen molar-refractivity contribution in [2.75, 3.05) is 40.9 Å². The Labute approximate surface area is 444 Å². The Morgan fingerprint density at radius 1 is 0.486 bits per heavy atom. The quantitative estimate of drug-likeness (QED) is 0.0243. The largest absolute Gasteiger partial charge is 0.472 e. The van der Waals surface area contributed by atoms with Crippen LogP contribution in [0.5, 0.6) is 0 Å². The molecule has 0 saturated carbocycles. The Hall–Kier alpha value is -2.84. The predicted octanol–water partition coefficient (Wildman–Crippen LogP) is 18.0. The van der Waals surface area contributed by atoms with Gasteiger partial charge in [-0.25, -0.2) is 4.57 Å². The van der Waals surface area contributed by atoms with Gasteiger partial charge in [0.25, 0.3) is 0 Å². The topological polar surface area (TPSA) is 105 Å². The van der Waals surface area contributed by atoms with Gasteiger partial charge in [0.1, 0.15) is 13.2 Å². The third-order valence-corrected chi connectivity index (χ3v) is 13.5. The zero-order valence-electron chi connectivity index (χ0n) is 47.1. The summed E-state index contributed by atoms with van der Waals surface area (Å²) in [6.07, 6.45) is 78.0. The van der Waals surface area contributed by atoms with Crippen molar-refractivity contribution in [3.63, 3.8) is 0 Å². The number of hydrogen-bond acceptors (Lipinski definition) is 5. The van der Waals surface area contributed by atoms with Crippen molar-refractivity contribution in [3.05, 3.63) is 109 Å². The summed E-state index contributed by atoms with van der Waals surface area (Å²) in [6, 6.07) is -0.864. The maximum atomic E-state index is 12.9. The van der Waals surface area contributed by atoms with Gasteiger partial charge in [-0.15, -0.1) is 0 Å². The van der Waals surface area contributed by atoms with Gasteiger partial charge in [-0.2, -0.15) is 0 Å². The van der Waals surface area contributed by atoms with Crippen LogP contribution in [0, 0.1) is 0 Å². The van der Waals surface area contributed by atoms with E-state index in [9.17, 15) is 19.4 Å². The molecule has 0 saturated heterocycles. The van der Waals surface area contributed by atoms with Gasteiger partial charge in [0, 0.05) is 6.42 Å². The lowest BCUT2D eigenvalue weighted by Gasteiger charge is -2.25. The SMILES string of the molecule is CC/C=C\C/C=C\C/C=C\C/C=C\C/C=C\C/C=C\C/C=C\CCCCCCCCCCCCCCCCCCCCCC(=O)NC(COP(=O)(O)OCC[N+](C)(C)C)C(O)/C=C/CC/C=C/CCCCC. The summed E-state index contributed by atoms with van der Waals surface area (Å²) < 4.78 is 23.5. The maximum absolute atomic E-state index is 12.9. The fourth-order valence-corrected chi connectivity index (χ4v) is 8.66. The molecule has 0 bridgehead atoms. The first-order valence-corrected chi connectivity index (χ1v) is 30.8. The first-order valence-electron chi connectivity index (χ1n) is 29.3. The van der Waals surface area contributed by atoms with E-state index in [1.54, 1.807) is 6.08 Å². The Kier molecular flexibility index (Phi) is 50.9. The van der Waals surface area contributed by atoms with Crippen LogP contribution in [-0.2, 0) is 18.4 Å². The first-order chi connectivity index (χ1) is 35.0. The van der Waals surface area contributed by atoms with E-state index in [0.29, 0.717) is 17.4 Å². The number of carbonyl (C=O) groups is 1. The van der Waals surface area contributed by atoms with E-state index in [-0.39, 0.29) is 19.1 Å². The Morgan fingerprint density at radius 2 is 0.847 bits per heavy atom. The van der Waals surface area contributed by atoms with Gasteiger partial charge in [0.05, 0.1) is 39.9 Å². The van der Waals surface area contributed by atoms with E-state index in [1.165, 1.54) is 128 Å². The fraction of sp³-hybridized carbons (Fsp3) is 0.698. The molecular formula is C63H112N2O6P+. The summed E-state index contributed by atoms with van der Waals surface area (Å²) in [6.45, 7) is 4.62. The summed E-state index contributed by atoms with van der Waals surface area (Å²) in [5.74, 6) is -0.191. The van der Waals surface area contributed by atoms with Gasteiger partial charge in [-0.05, 0) is 89.9 Å². The summed E-state index contributed by atoms with van der Waals surface area (Å²) in [5.41, 5.74) is 0.